The molecule has 0 saturated carbocycles. The van der Waals surface area contributed by atoms with Crippen molar-refractivity contribution in [2.45, 2.75) is 32.6 Å². The number of anilines is 1. The van der Waals surface area contributed by atoms with Gasteiger partial charge in [0.05, 0.1) is 0 Å². The summed E-state index contributed by atoms with van der Waals surface area (Å²) < 4.78 is 5.44. The van der Waals surface area contributed by atoms with Crippen LogP contribution in [-0.4, -0.2) is 25.8 Å². The van der Waals surface area contributed by atoms with Gasteiger partial charge in [0.25, 0.3) is 0 Å². The van der Waals surface area contributed by atoms with Gasteiger partial charge in [0.2, 0.25) is 0 Å². The number of carbonyl (C=O) groups is 1. The van der Waals surface area contributed by atoms with Crippen molar-refractivity contribution in [1.82, 2.24) is 5.32 Å². The molecule has 21 heavy (non-hydrogen) atoms. The Bertz CT molecular complexity index is 473. The summed E-state index contributed by atoms with van der Waals surface area (Å²) in [5.41, 5.74) is 1.86. The minimum atomic E-state index is -0.163. The van der Waals surface area contributed by atoms with Gasteiger partial charge in [0, 0.05) is 30.5 Å². The van der Waals surface area contributed by atoms with E-state index in [0.717, 1.165) is 43.7 Å². The van der Waals surface area contributed by atoms with Gasteiger partial charge in [0.1, 0.15) is 0 Å². The molecule has 0 radical (unpaired) electrons. The fourth-order valence-corrected chi connectivity index (χ4v) is 2.76. The van der Waals surface area contributed by atoms with Crippen molar-refractivity contribution in [1.29, 1.82) is 0 Å². The summed E-state index contributed by atoms with van der Waals surface area (Å²) in [5.74, 6) is 0.570. The van der Waals surface area contributed by atoms with E-state index in [0.29, 0.717) is 17.5 Å². The number of aryl methyl sites for hydroxylation is 1. The Morgan fingerprint density at radius 3 is 3.05 bits per heavy atom. The molecule has 1 aromatic carbocycles. The van der Waals surface area contributed by atoms with Gasteiger partial charge in [-0.25, -0.2) is 4.79 Å². The maximum absolute atomic E-state index is 11.9. The molecule has 2 rings (SSSR count). The van der Waals surface area contributed by atoms with Crippen LogP contribution in [0.3, 0.4) is 0 Å². The van der Waals surface area contributed by atoms with Gasteiger partial charge < -0.3 is 15.4 Å². The second kappa shape index (κ2) is 8.25. The van der Waals surface area contributed by atoms with Crippen molar-refractivity contribution in [3.8, 4) is 0 Å². The largest absolute Gasteiger partial charge is 0.381 e. The number of nitrogens with one attached hydrogen (secondary N) is 2. The molecule has 1 heterocycles. The first-order chi connectivity index (χ1) is 10.2. The molecule has 0 spiro atoms. The lowest BCUT2D eigenvalue weighted by Gasteiger charge is -2.22. The van der Waals surface area contributed by atoms with Crippen LogP contribution in [0.25, 0.3) is 0 Å². The first-order valence-electron chi connectivity index (χ1n) is 7.60. The van der Waals surface area contributed by atoms with Gasteiger partial charge in [0.15, 0.2) is 0 Å². The summed E-state index contributed by atoms with van der Waals surface area (Å²) in [6.07, 6.45) is 4.12. The predicted octanol–water partition coefficient (Wildman–Crippen LogP) is 3.84. The highest BCUT2D eigenvalue weighted by atomic mass is 35.5. The molecule has 116 valence electrons. The van der Waals surface area contributed by atoms with Gasteiger partial charge in [-0.1, -0.05) is 18.5 Å². The Balaban J connectivity index is 1.76. The molecular weight excluding hydrogens is 288 g/mol. The minimum absolute atomic E-state index is 0.163. The van der Waals surface area contributed by atoms with Crippen molar-refractivity contribution in [2.24, 2.45) is 5.92 Å². The van der Waals surface area contributed by atoms with Crippen LogP contribution in [0.2, 0.25) is 5.02 Å². The number of hydrogen-bond acceptors (Lipinski definition) is 2. The Kier molecular flexibility index (Phi) is 6.33. The van der Waals surface area contributed by atoms with Gasteiger partial charge in [-0.2, -0.15) is 0 Å². The molecule has 1 unspecified atom stereocenters. The summed E-state index contributed by atoms with van der Waals surface area (Å²) in [7, 11) is 0. The fourth-order valence-electron chi connectivity index (χ4n) is 2.57. The van der Waals surface area contributed by atoms with Crippen LogP contribution >= 0.6 is 11.6 Å². The summed E-state index contributed by atoms with van der Waals surface area (Å²) in [4.78, 5) is 11.9. The SMILES string of the molecule is CCc1cc(Cl)ccc1NC(=O)NCCC1CCCOC1. The van der Waals surface area contributed by atoms with Gasteiger partial charge >= 0.3 is 6.03 Å². The molecule has 1 aliphatic heterocycles. The van der Waals surface area contributed by atoms with Crippen molar-refractivity contribution in [3.05, 3.63) is 28.8 Å². The van der Waals surface area contributed by atoms with Crippen molar-refractivity contribution in [2.75, 3.05) is 25.1 Å². The first kappa shape index (κ1) is 16.1. The molecule has 2 N–H and O–H groups in total. The van der Waals surface area contributed by atoms with Crippen molar-refractivity contribution >= 4 is 23.3 Å². The van der Waals surface area contributed by atoms with Crippen LogP contribution in [0.5, 0.6) is 0 Å². The van der Waals surface area contributed by atoms with E-state index < -0.39 is 0 Å². The number of hydrogen-bond donors (Lipinski definition) is 2. The third-order valence-electron chi connectivity index (χ3n) is 3.79. The molecular formula is C16H23ClN2O2. The fraction of sp³-hybridized carbons (Fsp3) is 0.562. The van der Waals surface area contributed by atoms with Crippen LogP contribution in [0.4, 0.5) is 10.5 Å². The highest BCUT2D eigenvalue weighted by Crippen LogP contribution is 2.21. The number of ether oxygens (including phenoxy) is 1. The molecule has 4 nitrogen and oxygen atoms in total. The normalized spacial score (nSPS) is 18.3. The molecule has 1 aromatic rings. The molecule has 0 bridgehead atoms. The Morgan fingerprint density at radius 2 is 2.33 bits per heavy atom. The smallest absolute Gasteiger partial charge is 0.319 e. The maximum atomic E-state index is 11.9. The van der Waals surface area contributed by atoms with Crippen LogP contribution in [0, 0.1) is 5.92 Å². The van der Waals surface area contributed by atoms with E-state index in [2.05, 4.69) is 10.6 Å². The highest BCUT2D eigenvalue weighted by Gasteiger charge is 2.14. The summed E-state index contributed by atoms with van der Waals surface area (Å²) in [6, 6.07) is 5.35. The molecule has 5 heteroatoms. The lowest BCUT2D eigenvalue weighted by Crippen LogP contribution is -2.32. The monoisotopic (exact) mass is 310 g/mol. The van der Waals surface area contributed by atoms with Crippen LogP contribution < -0.4 is 10.6 Å². The highest BCUT2D eigenvalue weighted by molar-refractivity contribution is 6.30. The minimum Gasteiger partial charge on any atom is -0.381 e. The zero-order valence-corrected chi connectivity index (χ0v) is 13.2. The summed E-state index contributed by atoms with van der Waals surface area (Å²) in [6.45, 7) is 4.41. The number of halogens is 1. The lowest BCUT2D eigenvalue weighted by atomic mass is 9.99. The number of urea groups is 1. The van der Waals surface area contributed by atoms with Crippen LogP contribution in [-0.2, 0) is 11.2 Å². The van der Waals surface area contributed by atoms with E-state index in [1.165, 1.54) is 6.42 Å². The number of carbonyl (C=O) groups excluding carboxylic acids is 1. The van der Waals surface area contributed by atoms with Crippen molar-refractivity contribution < 1.29 is 9.53 Å². The third-order valence-corrected chi connectivity index (χ3v) is 4.02. The maximum Gasteiger partial charge on any atom is 0.319 e. The zero-order chi connectivity index (χ0) is 15.1. The average Bonchev–Trinajstić information content (AvgIpc) is 2.50. The average molecular weight is 311 g/mol. The first-order valence-corrected chi connectivity index (χ1v) is 7.98. The van der Waals surface area contributed by atoms with Crippen molar-refractivity contribution in [3.63, 3.8) is 0 Å². The molecule has 1 saturated heterocycles. The number of amides is 2. The number of benzene rings is 1. The second-order valence-corrected chi connectivity index (χ2v) is 5.84. The molecule has 2 amide bonds. The predicted molar refractivity (Wildman–Crippen MR) is 86.0 cm³/mol. The quantitative estimate of drug-likeness (QED) is 0.868. The van der Waals surface area contributed by atoms with E-state index in [1.807, 2.05) is 19.1 Å². The van der Waals surface area contributed by atoms with Gasteiger partial charge in [-0.15, -0.1) is 0 Å². The Hall–Kier alpha value is -1.26. The molecule has 1 atom stereocenters. The molecule has 0 aromatic heterocycles. The van der Waals surface area contributed by atoms with E-state index in [1.54, 1.807) is 6.07 Å². The standard InChI is InChI=1S/C16H23ClN2O2/c1-2-13-10-14(17)5-6-15(13)19-16(20)18-8-7-12-4-3-9-21-11-12/h5-6,10,12H,2-4,7-9,11H2,1H3,(H2,18,19,20). The van der Waals surface area contributed by atoms with E-state index >= 15 is 0 Å². The zero-order valence-electron chi connectivity index (χ0n) is 12.5. The van der Waals surface area contributed by atoms with Gasteiger partial charge in [-0.05, 0) is 55.4 Å². The summed E-state index contributed by atoms with van der Waals surface area (Å²) in [5, 5.41) is 6.48. The second-order valence-electron chi connectivity index (χ2n) is 5.41. The van der Waals surface area contributed by atoms with E-state index in [4.69, 9.17) is 16.3 Å². The lowest BCUT2D eigenvalue weighted by molar-refractivity contribution is 0.0520. The van der Waals surface area contributed by atoms with E-state index in [9.17, 15) is 4.79 Å². The third kappa shape index (κ3) is 5.21. The topological polar surface area (TPSA) is 50.4 Å². The Labute approximate surface area is 131 Å². The molecule has 1 aliphatic rings. The number of rotatable bonds is 5. The Morgan fingerprint density at radius 1 is 1.48 bits per heavy atom. The van der Waals surface area contributed by atoms with Crippen LogP contribution in [0.15, 0.2) is 18.2 Å². The molecule has 1 fully saturated rings. The van der Waals surface area contributed by atoms with E-state index in [-0.39, 0.29) is 6.03 Å². The van der Waals surface area contributed by atoms with Gasteiger partial charge in [-0.3, -0.25) is 0 Å². The molecule has 0 aliphatic carbocycles. The van der Waals surface area contributed by atoms with Crippen LogP contribution in [0.1, 0.15) is 31.7 Å². The summed E-state index contributed by atoms with van der Waals surface area (Å²) >= 11 is 5.96.